The molecule has 1 aliphatic heterocycles. The number of methoxy groups -OCH3 is 3. The van der Waals surface area contributed by atoms with Gasteiger partial charge in [-0.15, -0.1) is 12.4 Å². The first-order chi connectivity index (χ1) is 13.7. The summed E-state index contributed by atoms with van der Waals surface area (Å²) < 4.78 is 18.1. The summed E-state index contributed by atoms with van der Waals surface area (Å²) in [5.41, 5.74) is 1.36. The largest absolute Gasteiger partial charge is 0.493 e. The van der Waals surface area contributed by atoms with Gasteiger partial charge in [0.1, 0.15) is 5.69 Å². The van der Waals surface area contributed by atoms with Crippen LogP contribution in [0.4, 0.5) is 0 Å². The summed E-state index contributed by atoms with van der Waals surface area (Å²) in [4.78, 5) is 12.4. The fourth-order valence-corrected chi connectivity index (χ4v) is 3.48. The van der Waals surface area contributed by atoms with Crippen molar-refractivity contribution in [2.45, 2.75) is 25.3 Å². The second-order valence-electron chi connectivity index (χ2n) is 6.68. The molecule has 2 N–H and O–H groups in total. The molecule has 1 saturated heterocycles. The molecule has 1 atom stereocenters. The predicted octanol–water partition coefficient (Wildman–Crippen LogP) is 2.23. The number of rotatable bonds is 8. The Labute approximate surface area is 177 Å². The van der Waals surface area contributed by atoms with Gasteiger partial charge in [0.05, 0.1) is 27.4 Å². The first kappa shape index (κ1) is 22.8. The summed E-state index contributed by atoms with van der Waals surface area (Å²) >= 11 is 0. The Morgan fingerprint density at radius 1 is 1.21 bits per heavy atom. The minimum Gasteiger partial charge on any atom is -0.493 e. The third-order valence-corrected chi connectivity index (χ3v) is 4.95. The molecule has 0 radical (unpaired) electrons. The molecule has 1 aromatic carbocycles. The molecule has 2 heterocycles. The molecule has 1 fully saturated rings. The number of carbonyl (C=O) groups is 1. The number of amides is 1. The smallest absolute Gasteiger partial charge is 0.271 e. The minimum atomic E-state index is -0.179. The van der Waals surface area contributed by atoms with Crippen molar-refractivity contribution >= 4 is 18.3 Å². The van der Waals surface area contributed by atoms with Crippen LogP contribution in [0.15, 0.2) is 24.4 Å². The maximum atomic E-state index is 12.4. The Hall–Kier alpha value is -2.45. The van der Waals surface area contributed by atoms with E-state index in [0.29, 0.717) is 41.9 Å². The second-order valence-corrected chi connectivity index (χ2v) is 6.68. The normalized spacial score (nSPS) is 15.9. The number of aromatic nitrogens is 2. The zero-order valence-electron chi connectivity index (χ0n) is 17.1. The van der Waals surface area contributed by atoms with Crippen molar-refractivity contribution in [2.24, 2.45) is 0 Å². The van der Waals surface area contributed by atoms with Gasteiger partial charge in [-0.1, -0.05) is 6.07 Å². The molecule has 8 nitrogen and oxygen atoms in total. The zero-order chi connectivity index (χ0) is 19.9. The van der Waals surface area contributed by atoms with E-state index in [2.05, 4.69) is 15.7 Å². The Morgan fingerprint density at radius 3 is 2.66 bits per heavy atom. The van der Waals surface area contributed by atoms with Crippen LogP contribution in [0.3, 0.4) is 0 Å². The van der Waals surface area contributed by atoms with E-state index in [1.807, 2.05) is 23.0 Å². The van der Waals surface area contributed by atoms with E-state index in [4.69, 9.17) is 14.2 Å². The van der Waals surface area contributed by atoms with Gasteiger partial charge in [-0.05, 0) is 37.9 Å². The van der Waals surface area contributed by atoms with E-state index in [1.165, 1.54) is 0 Å². The number of ether oxygens (including phenoxy) is 3. The van der Waals surface area contributed by atoms with Gasteiger partial charge in [-0.25, -0.2) is 0 Å². The first-order valence-electron chi connectivity index (χ1n) is 9.49. The number of halogens is 1. The lowest BCUT2D eigenvalue weighted by atomic mass is 10.1. The van der Waals surface area contributed by atoms with E-state index in [9.17, 15) is 4.79 Å². The van der Waals surface area contributed by atoms with Gasteiger partial charge in [0, 0.05) is 24.8 Å². The molecule has 2 aromatic rings. The Kier molecular flexibility index (Phi) is 8.60. The van der Waals surface area contributed by atoms with Gasteiger partial charge >= 0.3 is 0 Å². The van der Waals surface area contributed by atoms with Crippen LogP contribution < -0.4 is 24.8 Å². The number of nitrogens with one attached hydrogen (secondary N) is 2. The molecule has 160 valence electrons. The number of benzene rings is 1. The lowest BCUT2D eigenvalue weighted by molar-refractivity contribution is 0.0947. The highest BCUT2D eigenvalue weighted by Crippen LogP contribution is 2.39. The first-order valence-corrected chi connectivity index (χ1v) is 9.49. The van der Waals surface area contributed by atoms with Gasteiger partial charge in [-0.2, -0.15) is 5.10 Å². The average Bonchev–Trinajstić information content (AvgIpc) is 3.24. The van der Waals surface area contributed by atoms with Crippen molar-refractivity contribution in [3.05, 3.63) is 35.7 Å². The Balaban J connectivity index is 0.00000300. The average molecular weight is 425 g/mol. The molecule has 0 saturated carbocycles. The van der Waals surface area contributed by atoms with Crippen molar-refractivity contribution in [3.63, 3.8) is 0 Å². The highest BCUT2D eigenvalue weighted by atomic mass is 35.5. The highest BCUT2D eigenvalue weighted by molar-refractivity contribution is 5.92. The maximum Gasteiger partial charge on any atom is 0.271 e. The number of hydrogen-bond acceptors (Lipinski definition) is 6. The second kappa shape index (κ2) is 10.9. The van der Waals surface area contributed by atoms with E-state index >= 15 is 0 Å². The molecule has 29 heavy (non-hydrogen) atoms. The van der Waals surface area contributed by atoms with Gasteiger partial charge in [0.25, 0.3) is 5.91 Å². The Morgan fingerprint density at radius 2 is 2.00 bits per heavy atom. The summed E-state index contributed by atoms with van der Waals surface area (Å²) in [6, 6.07) is 5.82. The van der Waals surface area contributed by atoms with Crippen molar-refractivity contribution in [1.82, 2.24) is 20.4 Å². The summed E-state index contributed by atoms with van der Waals surface area (Å²) in [7, 11) is 4.75. The fraction of sp³-hybridized carbons (Fsp3) is 0.500. The molecule has 3 rings (SSSR count). The predicted molar refractivity (Wildman–Crippen MR) is 113 cm³/mol. The summed E-state index contributed by atoms with van der Waals surface area (Å²) in [5, 5.41) is 10.7. The van der Waals surface area contributed by atoms with Crippen molar-refractivity contribution in [3.8, 4) is 17.2 Å². The van der Waals surface area contributed by atoms with Crippen molar-refractivity contribution in [1.29, 1.82) is 0 Å². The van der Waals surface area contributed by atoms with Gasteiger partial charge < -0.3 is 24.8 Å². The Bertz CT molecular complexity index is 806. The van der Waals surface area contributed by atoms with Crippen LogP contribution in [0, 0.1) is 0 Å². The van der Waals surface area contributed by atoms with Gasteiger partial charge in [-0.3, -0.25) is 9.48 Å². The van der Waals surface area contributed by atoms with Crippen molar-refractivity contribution < 1.29 is 19.0 Å². The molecule has 0 aliphatic carbocycles. The quantitative estimate of drug-likeness (QED) is 0.675. The van der Waals surface area contributed by atoms with Crippen LogP contribution >= 0.6 is 12.4 Å². The standard InChI is InChI=1S/C20H28N4O4.ClH/c1-26-17-7-6-14(18(27-2)19(17)28-3)8-11-22-20(25)16-9-12-24(23-16)15-5-4-10-21-13-15;/h6-7,9,12,15,21H,4-5,8,10-11,13H2,1-3H3,(H,22,25);1H. The molecule has 0 spiro atoms. The topological polar surface area (TPSA) is 86.6 Å². The number of nitrogens with zero attached hydrogens (tertiary/aromatic N) is 2. The lowest BCUT2D eigenvalue weighted by Crippen LogP contribution is -2.32. The molecular formula is C20H29ClN4O4. The van der Waals surface area contributed by atoms with Crippen LogP contribution in [0.5, 0.6) is 17.2 Å². The van der Waals surface area contributed by atoms with E-state index in [1.54, 1.807) is 27.4 Å². The summed E-state index contributed by atoms with van der Waals surface area (Å²) in [6.45, 7) is 2.40. The van der Waals surface area contributed by atoms with E-state index in [0.717, 1.165) is 31.5 Å². The highest BCUT2D eigenvalue weighted by Gasteiger charge is 2.18. The SMILES string of the molecule is COc1ccc(CCNC(=O)c2ccn(C3CCCNC3)n2)c(OC)c1OC.Cl. The zero-order valence-corrected chi connectivity index (χ0v) is 17.9. The molecule has 1 unspecified atom stereocenters. The van der Waals surface area contributed by atoms with Crippen LogP contribution in [0.2, 0.25) is 0 Å². The third-order valence-electron chi connectivity index (χ3n) is 4.95. The van der Waals surface area contributed by atoms with Crippen LogP contribution in [0.1, 0.15) is 34.9 Å². The number of hydrogen-bond donors (Lipinski definition) is 2. The molecule has 0 bridgehead atoms. The van der Waals surface area contributed by atoms with Crippen molar-refractivity contribution in [2.75, 3.05) is 41.0 Å². The molecule has 9 heteroatoms. The fourth-order valence-electron chi connectivity index (χ4n) is 3.48. The molecule has 1 aromatic heterocycles. The van der Waals surface area contributed by atoms with Gasteiger partial charge in [0.15, 0.2) is 11.5 Å². The lowest BCUT2D eigenvalue weighted by Gasteiger charge is -2.22. The number of piperidine rings is 1. The number of carbonyl (C=O) groups excluding carboxylic acids is 1. The van der Waals surface area contributed by atoms with Crippen LogP contribution in [0.25, 0.3) is 0 Å². The molecule has 1 aliphatic rings. The van der Waals surface area contributed by atoms with Crippen LogP contribution in [-0.4, -0.2) is 56.7 Å². The van der Waals surface area contributed by atoms with E-state index < -0.39 is 0 Å². The molecular weight excluding hydrogens is 396 g/mol. The molecule has 1 amide bonds. The van der Waals surface area contributed by atoms with E-state index in [-0.39, 0.29) is 18.3 Å². The third kappa shape index (κ3) is 5.33. The summed E-state index contributed by atoms with van der Waals surface area (Å²) in [6.07, 6.45) is 4.68. The minimum absolute atomic E-state index is 0. The maximum absolute atomic E-state index is 12.4. The van der Waals surface area contributed by atoms with Crippen LogP contribution in [-0.2, 0) is 6.42 Å². The monoisotopic (exact) mass is 424 g/mol. The summed E-state index contributed by atoms with van der Waals surface area (Å²) in [5.74, 6) is 1.59. The van der Waals surface area contributed by atoms with Gasteiger partial charge in [0.2, 0.25) is 5.75 Å².